The summed E-state index contributed by atoms with van der Waals surface area (Å²) in [5.74, 6) is -1.72. The Labute approximate surface area is 142 Å². The number of carbonyl (C=O) groups excluding carboxylic acids is 2. The van der Waals surface area contributed by atoms with Crippen molar-refractivity contribution in [3.05, 3.63) is 40.4 Å². The highest BCUT2D eigenvalue weighted by Gasteiger charge is 2.60. The van der Waals surface area contributed by atoms with E-state index >= 15 is 0 Å². The average molecular weight is 404 g/mol. The first kappa shape index (κ1) is 15.3. The standard InChI is InChI=1S/C15H9BrF3NO2S/c16-8-2-1-6(5-7(8)15(17,18)19)20-13(21)11-9-3-4-10(23-9)12(11)14(20)22/h1-5,9-12H/t9-,10+,11+,12-. The Hall–Kier alpha value is -1.28. The lowest BCUT2D eigenvalue weighted by Crippen LogP contribution is -2.33. The summed E-state index contributed by atoms with van der Waals surface area (Å²) in [4.78, 5) is 26.1. The first-order chi connectivity index (χ1) is 10.8. The maximum Gasteiger partial charge on any atom is 0.417 e. The predicted molar refractivity (Wildman–Crippen MR) is 82.9 cm³/mol. The molecule has 1 aromatic rings. The van der Waals surface area contributed by atoms with E-state index in [9.17, 15) is 22.8 Å². The molecular formula is C15H9BrF3NO2S. The molecule has 0 N–H and O–H groups in total. The van der Waals surface area contributed by atoms with Gasteiger partial charge in [-0.25, -0.2) is 4.90 Å². The van der Waals surface area contributed by atoms with Gasteiger partial charge in [0, 0.05) is 15.0 Å². The number of fused-ring (bicyclic) bond motifs is 5. The molecular weight excluding hydrogens is 395 g/mol. The number of carbonyl (C=O) groups is 2. The van der Waals surface area contributed by atoms with Crippen LogP contribution < -0.4 is 4.90 Å². The van der Waals surface area contributed by atoms with E-state index in [1.807, 2.05) is 12.2 Å². The average Bonchev–Trinajstić information content (AvgIpc) is 3.13. The molecule has 8 heteroatoms. The second-order valence-corrected chi connectivity index (χ2v) is 7.89. The first-order valence-electron chi connectivity index (χ1n) is 6.87. The van der Waals surface area contributed by atoms with Crippen molar-refractivity contribution in [3.8, 4) is 0 Å². The minimum Gasteiger partial charge on any atom is -0.274 e. The number of imide groups is 1. The molecule has 0 saturated carbocycles. The minimum atomic E-state index is -4.56. The molecule has 0 aromatic heterocycles. The summed E-state index contributed by atoms with van der Waals surface area (Å²) < 4.78 is 39.0. The van der Waals surface area contributed by atoms with Gasteiger partial charge in [0.2, 0.25) is 11.8 Å². The third-order valence-corrected chi connectivity index (χ3v) is 6.64. The number of hydrogen-bond acceptors (Lipinski definition) is 3. The lowest BCUT2D eigenvalue weighted by molar-refractivity contribution is -0.138. The minimum absolute atomic E-state index is 0.0191. The van der Waals surface area contributed by atoms with Crippen LogP contribution in [-0.4, -0.2) is 22.3 Å². The van der Waals surface area contributed by atoms with Gasteiger partial charge in [-0.2, -0.15) is 13.2 Å². The zero-order valence-corrected chi connectivity index (χ0v) is 13.8. The highest BCUT2D eigenvalue weighted by atomic mass is 79.9. The number of hydrogen-bond donors (Lipinski definition) is 0. The highest BCUT2D eigenvalue weighted by molar-refractivity contribution is 9.10. The Morgan fingerprint density at radius 2 is 1.61 bits per heavy atom. The number of alkyl halides is 3. The van der Waals surface area contributed by atoms with E-state index in [1.54, 1.807) is 11.8 Å². The van der Waals surface area contributed by atoms with Gasteiger partial charge in [-0.1, -0.05) is 28.1 Å². The first-order valence-corrected chi connectivity index (χ1v) is 8.61. The van der Waals surface area contributed by atoms with Gasteiger partial charge < -0.3 is 0 Å². The van der Waals surface area contributed by atoms with E-state index in [1.165, 1.54) is 12.1 Å². The lowest BCUT2D eigenvalue weighted by Gasteiger charge is -2.19. The van der Waals surface area contributed by atoms with Gasteiger partial charge >= 0.3 is 6.18 Å². The Morgan fingerprint density at radius 3 is 2.13 bits per heavy atom. The largest absolute Gasteiger partial charge is 0.417 e. The monoisotopic (exact) mass is 403 g/mol. The van der Waals surface area contributed by atoms with Gasteiger partial charge in [-0.05, 0) is 18.2 Å². The van der Waals surface area contributed by atoms with Crippen LogP contribution in [0.4, 0.5) is 18.9 Å². The van der Waals surface area contributed by atoms with Gasteiger partial charge in [-0.3, -0.25) is 9.59 Å². The number of anilines is 1. The van der Waals surface area contributed by atoms with Crippen LogP contribution in [-0.2, 0) is 15.8 Å². The number of amides is 2. The maximum absolute atomic E-state index is 13.0. The number of rotatable bonds is 1. The van der Waals surface area contributed by atoms with Crippen molar-refractivity contribution in [1.82, 2.24) is 0 Å². The van der Waals surface area contributed by atoms with Gasteiger partial charge in [0.25, 0.3) is 0 Å². The number of nitrogens with zero attached hydrogens (tertiary/aromatic N) is 1. The third-order valence-electron chi connectivity index (χ3n) is 4.42. The van der Waals surface area contributed by atoms with Crippen LogP contribution in [0.2, 0.25) is 0 Å². The van der Waals surface area contributed by atoms with Crippen LogP contribution in [0.25, 0.3) is 0 Å². The van der Waals surface area contributed by atoms with E-state index in [4.69, 9.17) is 0 Å². The highest BCUT2D eigenvalue weighted by Crippen LogP contribution is 2.54. The van der Waals surface area contributed by atoms with E-state index in [2.05, 4.69) is 15.9 Å². The number of halogens is 4. The fraction of sp³-hybridized carbons (Fsp3) is 0.333. The quantitative estimate of drug-likeness (QED) is 0.530. The third kappa shape index (κ3) is 2.11. The molecule has 120 valence electrons. The Kier molecular flexibility index (Phi) is 3.22. The van der Waals surface area contributed by atoms with Crippen molar-refractivity contribution in [1.29, 1.82) is 0 Å². The van der Waals surface area contributed by atoms with E-state index in [0.29, 0.717) is 0 Å². The smallest absolute Gasteiger partial charge is 0.274 e. The molecule has 23 heavy (non-hydrogen) atoms. The molecule has 2 bridgehead atoms. The summed E-state index contributed by atoms with van der Waals surface area (Å²) >= 11 is 4.43. The molecule has 4 rings (SSSR count). The maximum atomic E-state index is 13.0. The molecule has 0 radical (unpaired) electrons. The van der Waals surface area contributed by atoms with Crippen molar-refractivity contribution >= 4 is 45.2 Å². The second kappa shape index (κ2) is 4.86. The molecule has 4 atom stereocenters. The molecule has 3 aliphatic heterocycles. The normalized spacial score (nSPS) is 32.1. The van der Waals surface area contributed by atoms with Crippen LogP contribution in [0.15, 0.2) is 34.8 Å². The van der Waals surface area contributed by atoms with Crippen molar-refractivity contribution in [3.63, 3.8) is 0 Å². The van der Waals surface area contributed by atoms with Crippen molar-refractivity contribution in [2.24, 2.45) is 11.8 Å². The molecule has 3 heterocycles. The van der Waals surface area contributed by atoms with Crippen LogP contribution in [0, 0.1) is 11.8 Å². The summed E-state index contributed by atoms with van der Waals surface area (Å²) in [6.45, 7) is 0. The SMILES string of the molecule is O=C1[C@@H]2[C@H](C(=O)N1c1ccc(Br)c(C(F)(F)F)c1)[C@@H]1C=C[C@H]2S1. The second-order valence-electron chi connectivity index (χ2n) is 5.68. The fourth-order valence-corrected chi connectivity index (χ4v) is 5.53. The summed E-state index contributed by atoms with van der Waals surface area (Å²) in [7, 11) is 0. The van der Waals surface area contributed by atoms with Gasteiger partial charge in [0.15, 0.2) is 0 Å². The number of benzene rings is 1. The van der Waals surface area contributed by atoms with Crippen LogP contribution in [0.5, 0.6) is 0 Å². The van der Waals surface area contributed by atoms with Crippen LogP contribution in [0.1, 0.15) is 5.56 Å². The number of thioether (sulfide) groups is 1. The molecule has 3 aliphatic rings. The molecule has 0 spiro atoms. The Morgan fingerprint density at radius 1 is 1.04 bits per heavy atom. The van der Waals surface area contributed by atoms with E-state index in [0.717, 1.165) is 11.0 Å². The summed E-state index contributed by atoms with van der Waals surface area (Å²) in [6, 6.07) is 3.43. The summed E-state index contributed by atoms with van der Waals surface area (Å²) in [5.41, 5.74) is -0.919. The van der Waals surface area contributed by atoms with E-state index < -0.39 is 35.4 Å². The van der Waals surface area contributed by atoms with Crippen LogP contribution >= 0.6 is 27.7 Å². The summed E-state index contributed by atoms with van der Waals surface area (Å²) in [6.07, 6.45) is -0.741. The molecule has 3 nitrogen and oxygen atoms in total. The lowest BCUT2D eigenvalue weighted by atomic mass is 9.85. The fourth-order valence-electron chi connectivity index (χ4n) is 3.43. The van der Waals surface area contributed by atoms with Gasteiger partial charge in [0.05, 0.1) is 23.1 Å². The molecule has 2 fully saturated rings. The van der Waals surface area contributed by atoms with Crippen LogP contribution in [0.3, 0.4) is 0 Å². The Balaban J connectivity index is 1.75. The zero-order chi connectivity index (χ0) is 16.5. The molecule has 0 aliphatic carbocycles. The molecule has 2 amide bonds. The van der Waals surface area contributed by atoms with Crippen molar-refractivity contribution < 1.29 is 22.8 Å². The van der Waals surface area contributed by atoms with Gasteiger partial charge in [-0.15, -0.1) is 11.8 Å². The molecule has 1 aromatic carbocycles. The molecule has 2 saturated heterocycles. The Bertz CT molecular complexity index is 734. The van der Waals surface area contributed by atoms with E-state index in [-0.39, 0.29) is 20.7 Å². The van der Waals surface area contributed by atoms with Gasteiger partial charge in [0.1, 0.15) is 0 Å². The summed E-state index contributed by atoms with van der Waals surface area (Å²) in [5, 5.41) is -0.104. The predicted octanol–water partition coefficient (Wildman–Crippen LogP) is 3.63. The van der Waals surface area contributed by atoms with Crippen molar-refractivity contribution in [2.45, 2.75) is 16.7 Å². The van der Waals surface area contributed by atoms with Crippen molar-refractivity contribution in [2.75, 3.05) is 4.90 Å². The molecule has 0 unspecified atom stereocenters. The topological polar surface area (TPSA) is 37.4 Å². The zero-order valence-electron chi connectivity index (χ0n) is 11.4.